The molecule has 8 heteroatoms. The zero-order valence-corrected chi connectivity index (χ0v) is 17.6. The van der Waals surface area contributed by atoms with E-state index in [1.165, 1.54) is 0 Å². The van der Waals surface area contributed by atoms with E-state index in [4.69, 9.17) is 19.7 Å². The number of hydrogen-bond donors (Lipinski definition) is 2. The SMILES string of the molecule is Cc1ccc2c(OC(=O)CCC(=O)O)c3cc(C)ccc3c(OC(=O)CCC(=O)O)c2c1. The van der Waals surface area contributed by atoms with E-state index in [2.05, 4.69) is 0 Å². The summed E-state index contributed by atoms with van der Waals surface area (Å²) >= 11 is 0. The lowest BCUT2D eigenvalue weighted by atomic mass is 9.97. The largest absolute Gasteiger partial charge is 0.481 e. The molecule has 3 rings (SSSR count). The van der Waals surface area contributed by atoms with Crippen molar-refractivity contribution in [3.05, 3.63) is 47.5 Å². The van der Waals surface area contributed by atoms with Gasteiger partial charge in [-0.3, -0.25) is 19.2 Å². The topological polar surface area (TPSA) is 127 Å². The Balaban J connectivity index is 2.18. The van der Waals surface area contributed by atoms with Gasteiger partial charge in [0.15, 0.2) is 0 Å². The predicted molar refractivity (Wildman–Crippen MR) is 116 cm³/mol. The Morgan fingerprint density at radius 1 is 0.625 bits per heavy atom. The van der Waals surface area contributed by atoms with Crippen LogP contribution in [0.2, 0.25) is 0 Å². The zero-order valence-electron chi connectivity index (χ0n) is 17.6. The average molecular weight is 438 g/mol. The standard InChI is InChI=1S/C24H22O8/c1-13-3-5-15-17(11-13)23(31-21(29)9-7-19(25)26)16-6-4-14(2)12-18(16)24(15)32-22(30)10-8-20(27)28/h3-6,11-12H,7-10H2,1-2H3,(H,25,26)(H,27,28). The Labute approximate surface area is 183 Å². The van der Waals surface area contributed by atoms with E-state index < -0.39 is 23.9 Å². The fourth-order valence-corrected chi connectivity index (χ4v) is 3.35. The highest BCUT2D eigenvalue weighted by Crippen LogP contribution is 2.43. The second kappa shape index (κ2) is 9.47. The molecule has 0 saturated carbocycles. The van der Waals surface area contributed by atoms with Crippen molar-refractivity contribution in [3.8, 4) is 11.5 Å². The first kappa shape index (κ1) is 22.7. The number of carbonyl (C=O) groups excluding carboxylic acids is 2. The molecule has 0 unspecified atom stereocenters. The van der Waals surface area contributed by atoms with Crippen molar-refractivity contribution in [2.24, 2.45) is 0 Å². The molecule has 0 heterocycles. The van der Waals surface area contributed by atoms with Crippen molar-refractivity contribution in [2.45, 2.75) is 39.5 Å². The normalized spacial score (nSPS) is 10.8. The van der Waals surface area contributed by atoms with Gasteiger partial charge >= 0.3 is 23.9 Å². The minimum atomic E-state index is -1.10. The van der Waals surface area contributed by atoms with Crippen LogP contribution < -0.4 is 9.47 Å². The van der Waals surface area contributed by atoms with Gasteiger partial charge in [-0.2, -0.15) is 0 Å². The fourth-order valence-electron chi connectivity index (χ4n) is 3.35. The maximum absolute atomic E-state index is 12.3. The first-order valence-electron chi connectivity index (χ1n) is 9.97. The van der Waals surface area contributed by atoms with Crippen LogP contribution >= 0.6 is 0 Å². The molecule has 0 saturated heterocycles. The van der Waals surface area contributed by atoms with Gasteiger partial charge in [0.25, 0.3) is 0 Å². The molecule has 0 aromatic heterocycles. The summed E-state index contributed by atoms with van der Waals surface area (Å²) in [4.78, 5) is 46.3. The highest BCUT2D eigenvalue weighted by molar-refractivity contribution is 6.13. The molecule has 32 heavy (non-hydrogen) atoms. The van der Waals surface area contributed by atoms with Crippen LogP contribution in [0, 0.1) is 13.8 Å². The van der Waals surface area contributed by atoms with Gasteiger partial charge in [0, 0.05) is 21.5 Å². The van der Waals surface area contributed by atoms with Crippen LogP contribution in [0.4, 0.5) is 0 Å². The van der Waals surface area contributed by atoms with Crippen molar-refractivity contribution in [2.75, 3.05) is 0 Å². The summed E-state index contributed by atoms with van der Waals surface area (Å²) in [7, 11) is 0. The van der Waals surface area contributed by atoms with Gasteiger partial charge in [0.2, 0.25) is 0 Å². The van der Waals surface area contributed by atoms with E-state index in [0.29, 0.717) is 21.5 Å². The molecule has 0 aliphatic rings. The number of rotatable bonds is 8. The van der Waals surface area contributed by atoms with E-state index in [9.17, 15) is 19.2 Å². The van der Waals surface area contributed by atoms with Crippen LogP contribution in [0.5, 0.6) is 11.5 Å². The van der Waals surface area contributed by atoms with Crippen LogP contribution in [-0.2, 0) is 19.2 Å². The van der Waals surface area contributed by atoms with Gasteiger partial charge < -0.3 is 19.7 Å². The number of carbonyl (C=O) groups is 4. The number of fused-ring (bicyclic) bond motifs is 2. The van der Waals surface area contributed by atoms with Crippen molar-refractivity contribution in [3.63, 3.8) is 0 Å². The van der Waals surface area contributed by atoms with Gasteiger partial charge in [-0.25, -0.2) is 0 Å². The van der Waals surface area contributed by atoms with Crippen molar-refractivity contribution in [1.82, 2.24) is 0 Å². The number of carboxylic acid groups (broad SMARTS) is 2. The molecule has 166 valence electrons. The van der Waals surface area contributed by atoms with Gasteiger partial charge in [0.05, 0.1) is 25.7 Å². The molecular formula is C24H22O8. The number of aliphatic carboxylic acids is 2. The van der Waals surface area contributed by atoms with Gasteiger partial charge in [0.1, 0.15) is 11.5 Å². The van der Waals surface area contributed by atoms with Crippen LogP contribution in [0.3, 0.4) is 0 Å². The molecule has 0 atom stereocenters. The van der Waals surface area contributed by atoms with Crippen LogP contribution in [0.25, 0.3) is 21.5 Å². The van der Waals surface area contributed by atoms with Crippen molar-refractivity contribution < 1.29 is 38.9 Å². The molecular weight excluding hydrogens is 416 g/mol. The predicted octanol–water partition coefficient (Wildman–Crippen LogP) is 4.15. The minimum absolute atomic E-state index is 0.249. The van der Waals surface area contributed by atoms with E-state index in [0.717, 1.165) is 11.1 Å². The second-order valence-corrected chi connectivity index (χ2v) is 7.49. The van der Waals surface area contributed by atoms with Crippen LogP contribution in [0.15, 0.2) is 36.4 Å². The number of hydrogen-bond acceptors (Lipinski definition) is 6. The molecule has 0 spiro atoms. The molecule has 0 aliphatic heterocycles. The minimum Gasteiger partial charge on any atom is -0.481 e. The number of esters is 2. The number of carboxylic acids is 2. The summed E-state index contributed by atoms with van der Waals surface area (Å²) in [5.74, 6) is -3.09. The lowest BCUT2D eigenvalue weighted by molar-refractivity contribution is -0.142. The summed E-state index contributed by atoms with van der Waals surface area (Å²) in [5, 5.41) is 19.8. The molecule has 2 N–H and O–H groups in total. The van der Waals surface area contributed by atoms with Gasteiger partial charge in [-0.1, -0.05) is 35.4 Å². The smallest absolute Gasteiger partial charge is 0.311 e. The summed E-state index contributed by atoms with van der Waals surface area (Å²) < 4.78 is 11.2. The third-order valence-corrected chi connectivity index (χ3v) is 4.85. The number of benzene rings is 3. The maximum atomic E-state index is 12.3. The number of aryl methyl sites for hydroxylation is 2. The summed E-state index contributed by atoms with van der Waals surface area (Å²) in [6, 6.07) is 10.7. The first-order chi connectivity index (χ1) is 15.2. The molecule has 3 aromatic rings. The summed E-state index contributed by atoms with van der Waals surface area (Å²) in [6.07, 6.45) is -1.29. The third kappa shape index (κ3) is 5.21. The van der Waals surface area contributed by atoms with E-state index in [1.807, 2.05) is 26.0 Å². The lowest BCUT2D eigenvalue weighted by Gasteiger charge is -2.17. The molecule has 0 radical (unpaired) electrons. The third-order valence-electron chi connectivity index (χ3n) is 4.85. The molecule has 8 nitrogen and oxygen atoms in total. The summed E-state index contributed by atoms with van der Waals surface area (Å²) in [5.41, 5.74) is 1.74. The quantitative estimate of drug-likeness (QED) is 0.305. The Hall–Kier alpha value is -3.94. The fraction of sp³-hybridized carbons (Fsp3) is 0.250. The second-order valence-electron chi connectivity index (χ2n) is 7.49. The van der Waals surface area contributed by atoms with Crippen molar-refractivity contribution >= 4 is 45.4 Å². The Morgan fingerprint density at radius 3 is 1.34 bits per heavy atom. The van der Waals surface area contributed by atoms with E-state index >= 15 is 0 Å². The highest BCUT2D eigenvalue weighted by Gasteiger charge is 2.21. The molecule has 0 amide bonds. The average Bonchev–Trinajstić information content (AvgIpc) is 2.73. The molecule has 0 aliphatic carbocycles. The molecule has 0 fully saturated rings. The zero-order chi connectivity index (χ0) is 23.4. The maximum Gasteiger partial charge on any atom is 0.311 e. The van der Waals surface area contributed by atoms with E-state index in [-0.39, 0.29) is 37.2 Å². The summed E-state index contributed by atoms with van der Waals surface area (Å²) in [6.45, 7) is 3.71. The van der Waals surface area contributed by atoms with Crippen LogP contribution in [-0.4, -0.2) is 34.1 Å². The van der Waals surface area contributed by atoms with Crippen molar-refractivity contribution in [1.29, 1.82) is 0 Å². The monoisotopic (exact) mass is 438 g/mol. The Bertz CT molecular complexity index is 1140. The Morgan fingerprint density at radius 2 is 1.00 bits per heavy atom. The lowest BCUT2D eigenvalue weighted by Crippen LogP contribution is -2.12. The molecule has 3 aromatic carbocycles. The van der Waals surface area contributed by atoms with Gasteiger partial charge in [-0.15, -0.1) is 0 Å². The van der Waals surface area contributed by atoms with E-state index in [1.54, 1.807) is 24.3 Å². The molecule has 0 bridgehead atoms. The highest BCUT2D eigenvalue weighted by atomic mass is 16.5. The van der Waals surface area contributed by atoms with Gasteiger partial charge in [-0.05, 0) is 26.0 Å². The number of ether oxygens (including phenoxy) is 2. The Kier molecular flexibility index (Phi) is 6.73. The van der Waals surface area contributed by atoms with Crippen LogP contribution in [0.1, 0.15) is 36.8 Å². The first-order valence-corrected chi connectivity index (χ1v) is 9.97.